The third kappa shape index (κ3) is 2.81. The molecule has 4 aromatic rings. The van der Waals surface area contributed by atoms with Gasteiger partial charge in [0.1, 0.15) is 5.82 Å². The van der Waals surface area contributed by atoms with Gasteiger partial charge in [-0.25, -0.2) is 9.37 Å². The highest BCUT2D eigenvalue weighted by Crippen LogP contribution is 2.37. The lowest BCUT2D eigenvalue weighted by molar-refractivity contribution is 0.156. The van der Waals surface area contributed by atoms with E-state index in [1.54, 1.807) is 0 Å². The molecule has 1 aliphatic rings. The molecule has 0 spiro atoms. The summed E-state index contributed by atoms with van der Waals surface area (Å²) in [5, 5.41) is 0. The molecule has 1 atom stereocenters. The molecule has 5 heteroatoms. The number of likely N-dealkylation sites (tertiary alicyclic amines) is 1. The lowest BCUT2D eigenvalue weighted by Gasteiger charge is -2.34. The number of nitrogens with one attached hydrogen (secondary N) is 1. The molecule has 0 saturated carbocycles. The highest BCUT2D eigenvalue weighted by atomic mass is 19.1. The molecule has 5 rings (SSSR count). The van der Waals surface area contributed by atoms with Crippen LogP contribution in [0.3, 0.4) is 0 Å². The molecule has 4 nitrogen and oxygen atoms in total. The minimum Gasteiger partial charge on any atom is -0.323 e. The van der Waals surface area contributed by atoms with E-state index in [0.29, 0.717) is 0 Å². The van der Waals surface area contributed by atoms with Gasteiger partial charge in [-0.2, -0.15) is 0 Å². The van der Waals surface area contributed by atoms with Crippen LogP contribution in [0.15, 0.2) is 48.5 Å². The zero-order chi connectivity index (χ0) is 19.1. The molecule has 3 heterocycles. The Kier molecular flexibility index (Phi) is 4.40. The summed E-state index contributed by atoms with van der Waals surface area (Å²) >= 11 is 0. The third-order valence-corrected chi connectivity index (χ3v) is 5.96. The first-order valence-corrected chi connectivity index (χ1v) is 10.3. The molecule has 1 fully saturated rings. The number of fused-ring (bicyclic) bond motifs is 3. The highest BCUT2D eigenvalue weighted by molar-refractivity contribution is 5.82. The van der Waals surface area contributed by atoms with Crippen molar-refractivity contribution in [3.63, 3.8) is 0 Å². The Labute approximate surface area is 164 Å². The Morgan fingerprint density at radius 1 is 1.04 bits per heavy atom. The molecule has 144 valence electrons. The minimum atomic E-state index is -0.219. The van der Waals surface area contributed by atoms with Crippen LogP contribution in [0.4, 0.5) is 4.39 Å². The molecule has 0 amide bonds. The van der Waals surface area contributed by atoms with E-state index in [9.17, 15) is 4.39 Å². The number of aromatic amines is 1. The Hall–Kier alpha value is -2.66. The molecule has 1 unspecified atom stereocenters. The van der Waals surface area contributed by atoms with Crippen LogP contribution < -0.4 is 0 Å². The van der Waals surface area contributed by atoms with Crippen LogP contribution in [0.5, 0.6) is 0 Å². The quantitative estimate of drug-likeness (QED) is 0.506. The number of hydrogen-bond donors (Lipinski definition) is 1. The van der Waals surface area contributed by atoms with Gasteiger partial charge in [0.05, 0.1) is 28.5 Å². The van der Waals surface area contributed by atoms with Crippen molar-refractivity contribution >= 4 is 16.8 Å². The molecule has 1 N–H and O–H groups in total. The largest absolute Gasteiger partial charge is 0.323 e. The molecule has 1 aliphatic heterocycles. The van der Waals surface area contributed by atoms with Crippen molar-refractivity contribution in [1.82, 2.24) is 19.3 Å². The van der Waals surface area contributed by atoms with Gasteiger partial charge in [0.15, 0.2) is 0 Å². The fraction of sp³-hybridized carbons (Fsp3) is 0.348. The number of halogens is 1. The summed E-state index contributed by atoms with van der Waals surface area (Å²) in [4.78, 5) is 11.0. The van der Waals surface area contributed by atoms with E-state index in [1.165, 1.54) is 37.1 Å². The summed E-state index contributed by atoms with van der Waals surface area (Å²) in [6.45, 7) is 4.50. The van der Waals surface area contributed by atoms with Crippen LogP contribution >= 0.6 is 0 Å². The maximum atomic E-state index is 13.5. The SMILES string of the molecule is CCC(c1c(-c2ccc(F)cc2)nc2[nH]c3ccccc3n12)N1CCCCC1. The van der Waals surface area contributed by atoms with Gasteiger partial charge < -0.3 is 4.98 Å². The van der Waals surface area contributed by atoms with Gasteiger partial charge in [-0.05, 0) is 68.8 Å². The smallest absolute Gasteiger partial charge is 0.213 e. The summed E-state index contributed by atoms with van der Waals surface area (Å²) in [6, 6.07) is 15.3. The van der Waals surface area contributed by atoms with Gasteiger partial charge in [-0.1, -0.05) is 25.5 Å². The predicted octanol–water partition coefficient (Wildman–Crippen LogP) is 5.56. The predicted molar refractivity (Wildman–Crippen MR) is 111 cm³/mol. The maximum absolute atomic E-state index is 13.5. The van der Waals surface area contributed by atoms with Gasteiger partial charge in [0, 0.05) is 5.56 Å². The van der Waals surface area contributed by atoms with E-state index in [1.807, 2.05) is 18.2 Å². The van der Waals surface area contributed by atoms with Crippen LogP contribution in [0.25, 0.3) is 28.1 Å². The van der Waals surface area contributed by atoms with Gasteiger partial charge >= 0.3 is 0 Å². The number of H-pyrrole nitrogens is 1. The third-order valence-electron chi connectivity index (χ3n) is 5.96. The summed E-state index contributed by atoms with van der Waals surface area (Å²) in [6.07, 6.45) is 4.82. The second kappa shape index (κ2) is 7.06. The molecule has 1 saturated heterocycles. The maximum Gasteiger partial charge on any atom is 0.213 e. The first-order chi connectivity index (χ1) is 13.8. The van der Waals surface area contributed by atoms with Crippen molar-refractivity contribution < 1.29 is 4.39 Å². The number of benzene rings is 2. The fourth-order valence-electron chi connectivity index (χ4n) is 4.64. The average molecular weight is 376 g/mol. The van der Waals surface area contributed by atoms with Gasteiger partial charge in [0.25, 0.3) is 0 Å². The summed E-state index contributed by atoms with van der Waals surface area (Å²) in [7, 11) is 0. The molecule has 2 aromatic heterocycles. The number of nitrogens with zero attached hydrogens (tertiary/aromatic N) is 3. The summed E-state index contributed by atoms with van der Waals surface area (Å²) in [5.74, 6) is 0.634. The molecular weight excluding hydrogens is 351 g/mol. The van der Waals surface area contributed by atoms with Crippen LogP contribution in [-0.4, -0.2) is 32.4 Å². The first kappa shape index (κ1) is 17.4. The van der Waals surface area contributed by atoms with E-state index < -0.39 is 0 Å². The van der Waals surface area contributed by atoms with Crippen LogP contribution in [0, 0.1) is 5.82 Å². The lowest BCUT2D eigenvalue weighted by atomic mass is 10.00. The number of hydrogen-bond acceptors (Lipinski definition) is 2. The Morgan fingerprint density at radius 3 is 2.54 bits per heavy atom. The Balaban J connectivity index is 1.76. The average Bonchev–Trinajstić information content (AvgIpc) is 3.27. The number of para-hydroxylation sites is 2. The molecule has 0 aliphatic carbocycles. The van der Waals surface area contributed by atoms with Crippen LogP contribution in [-0.2, 0) is 0 Å². The second-order valence-corrected chi connectivity index (χ2v) is 7.67. The number of imidazole rings is 2. The zero-order valence-electron chi connectivity index (χ0n) is 16.2. The van der Waals surface area contributed by atoms with Crippen molar-refractivity contribution in [2.24, 2.45) is 0 Å². The first-order valence-electron chi connectivity index (χ1n) is 10.3. The lowest BCUT2D eigenvalue weighted by Crippen LogP contribution is -2.34. The highest BCUT2D eigenvalue weighted by Gasteiger charge is 2.29. The Bertz CT molecular complexity index is 1100. The monoisotopic (exact) mass is 376 g/mol. The van der Waals surface area contributed by atoms with E-state index in [-0.39, 0.29) is 11.9 Å². The van der Waals surface area contributed by atoms with E-state index >= 15 is 0 Å². The number of rotatable bonds is 4. The summed E-state index contributed by atoms with van der Waals surface area (Å²) < 4.78 is 15.8. The fourth-order valence-corrected chi connectivity index (χ4v) is 4.64. The van der Waals surface area contributed by atoms with Crippen molar-refractivity contribution in [1.29, 1.82) is 0 Å². The molecular formula is C23H25FN4. The second-order valence-electron chi connectivity index (χ2n) is 7.67. The topological polar surface area (TPSA) is 36.3 Å². The van der Waals surface area contributed by atoms with E-state index in [4.69, 9.17) is 4.98 Å². The minimum absolute atomic E-state index is 0.219. The molecule has 2 aromatic carbocycles. The molecule has 0 bridgehead atoms. The standard InChI is InChI=1S/C23H25FN4/c1-2-19(27-14-6-3-7-15-27)22-21(16-10-12-17(24)13-11-16)26-23-25-18-8-4-5-9-20(18)28(22)23/h4-5,8-13,19H,2-3,6-7,14-15H2,1H3,(H,25,26). The van der Waals surface area contributed by atoms with Crippen molar-refractivity contribution in [3.05, 3.63) is 60.0 Å². The van der Waals surface area contributed by atoms with E-state index in [0.717, 1.165) is 47.6 Å². The van der Waals surface area contributed by atoms with Crippen molar-refractivity contribution in [3.8, 4) is 11.3 Å². The normalized spacial score (nSPS) is 16.8. The Morgan fingerprint density at radius 2 is 1.79 bits per heavy atom. The zero-order valence-corrected chi connectivity index (χ0v) is 16.2. The summed E-state index contributed by atoms with van der Waals surface area (Å²) in [5.41, 5.74) is 5.36. The van der Waals surface area contributed by atoms with Gasteiger partial charge in [0.2, 0.25) is 5.78 Å². The van der Waals surface area contributed by atoms with Crippen molar-refractivity contribution in [2.45, 2.75) is 38.6 Å². The van der Waals surface area contributed by atoms with Gasteiger partial charge in [-0.15, -0.1) is 0 Å². The van der Waals surface area contributed by atoms with Crippen LogP contribution in [0.2, 0.25) is 0 Å². The molecule has 0 radical (unpaired) electrons. The number of piperidine rings is 1. The van der Waals surface area contributed by atoms with Crippen molar-refractivity contribution in [2.75, 3.05) is 13.1 Å². The van der Waals surface area contributed by atoms with Gasteiger partial charge in [-0.3, -0.25) is 9.30 Å². The van der Waals surface area contributed by atoms with Crippen LogP contribution in [0.1, 0.15) is 44.3 Å². The van der Waals surface area contributed by atoms with E-state index in [2.05, 4.69) is 39.4 Å². The number of aromatic nitrogens is 3. The molecule has 28 heavy (non-hydrogen) atoms.